The number of benzene rings is 3. The Morgan fingerprint density at radius 1 is 0.839 bits per heavy atom. The Morgan fingerprint density at radius 2 is 1.48 bits per heavy atom. The van der Waals surface area contributed by atoms with E-state index in [-0.39, 0.29) is 38.6 Å². The number of alkyl carbamates (subject to hydrolysis) is 1. The third-order valence-electron chi connectivity index (χ3n) is 8.15. The molecule has 3 amide bonds. The summed E-state index contributed by atoms with van der Waals surface area (Å²) in [4.78, 5) is 52.9. The van der Waals surface area contributed by atoms with E-state index in [1.807, 2.05) is 19.1 Å². The standard InChI is InChI=1S/C40H51BrF2N3O9P/c1-7-53-56(51,54-8-2)40(42,43)31-21-18-28(19-22-31)24-34(46-38(50)55-39(4,5)6)36(48)45-33(37(49)52-26-29-14-10-9-11-15-29)16-12-13-23-44-35(47)30-20-17-27(3)32(41)25-30/h9-11,14-15,17-22,25,33-34H,7-8,12-13,16,23-24,26H2,1-6H3,(H,44,47)(H,45,48)(H,46,50)/t33-,34-/m0/s1. The maximum absolute atomic E-state index is 15.4. The molecule has 306 valence electrons. The zero-order valence-electron chi connectivity index (χ0n) is 32.5. The number of nitrogens with one attached hydrogen (secondary N) is 3. The fourth-order valence-corrected chi connectivity index (χ4v) is 7.22. The molecule has 3 N–H and O–H groups in total. The summed E-state index contributed by atoms with van der Waals surface area (Å²) < 4.78 is 65.3. The van der Waals surface area contributed by atoms with Crippen LogP contribution in [0.2, 0.25) is 0 Å². The van der Waals surface area contributed by atoms with E-state index in [4.69, 9.17) is 18.5 Å². The number of unbranched alkanes of at least 4 members (excludes halogenated alkanes) is 1. The van der Waals surface area contributed by atoms with Gasteiger partial charge in [0.2, 0.25) is 5.91 Å². The van der Waals surface area contributed by atoms with Crippen molar-refractivity contribution >= 4 is 47.4 Å². The number of hydrogen-bond donors (Lipinski definition) is 3. The summed E-state index contributed by atoms with van der Waals surface area (Å²) in [6.45, 7) is 9.42. The van der Waals surface area contributed by atoms with Crippen LogP contribution in [-0.2, 0) is 51.4 Å². The summed E-state index contributed by atoms with van der Waals surface area (Å²) in [5.74, 6) is -1.74. The molecule has 0 fully saturated rings. The SMILES string of the molecule is CCOP(=O)(OCC)C(F)(F)c1ccc(C[C@H](NC(=O)OC(C)(C)C)C(=O)N[C@@H](CCCCNC(=O)c2ccc(C)c(Br)c2)C(=O)OCc2ccccc2)cc1. The summed E-state index contributed by atoms with van der Waals surface area (Å²) in [6, 6.07) is 16.5. The monoisotopic (exact) mass is 865 g/mol. The number of rotatable bonds is 20. The molecule has 3 aromatic carbocycles. The topological polar surface area (TPSA) is 158 Å². The summed E-state index contributed by atoms with van der Waals surface area (Å²) in [7, 11) is -4.87. The van der Waals surface area contributed by atoms with E-state index < -0.39 is 54.5 Å². The molecule has 0 saturated carbocycles. The van der Waals surface area contributed by atoms with E-state index >= 15 is 8.78 Å². The Kier molecular flexibility index (Phi) is 17.6. The minimum atomic E-state index is -4.87. The highest BCUT2D eigenvalue weighted by molar-refractivity contribution is 9.10. The van der Waals surface area contributed by atoms with Crippen LogP contribution < -0.4 is 16.0 Å². The van der Waals surface area contributed by atoms with Gasteiger partial charge in [0.15, 0.2) is 0 Å². The smallest absolute Gasteiger partial charge is 0.408 e. The first kappa shape index (κ1) is 46.2. The van der Waals surface area contributed by atoms with Crippen LogP contribution in [0.4, 0.5) is 13.6 Å². The van der Waals surface area contributed by atoms with Crippen molar-refractivity contribution in [1.82, 2.24) is 16.0 Å². The molecule has 0 aliphatic rings. The fourth-order valence-electron chi connectivity index (χ4n) is 5.30. The lowest BCUT2D eigenvalue weighted by Gasteiger charge is -2.26. The van der Waals surface area contributed by atoms with Gasteiger partial charge in [-0.25, -0.2) is 9.59 Å². The molecule has 0 unspecified atom stereocenters. The van der Waals surface area contributed by atoms with Crippen molar-refractivity contribution in [1.29, 1.82) is 0 Å². The van der Waals surface area contributed by atoms with E-state index in [0.29, 0.717) is 30.5 Å². The molecular weight excluding hydrogens is 815 g/mol. The van der Waals surface area contributed by atoms with Gasteiger partial charge in [0, 0.05) is 28.6 Å². The van der Waals surface area contributed by atoms with Crippen molar-refractivity contribution in [2.45, 2.75) is 97.2 Å². The number of amides is 3. The van der Waals surface area contributed by atoms with E-state index in [0.717, 1.165) is 27.7 Å². The van der Waals surface area contributed by atoms with E-state index in [2.05, 4.69) is 31.9 Å². The van der Waals surface area contributed by atoms with Crippen LogP contribution in [0, 0.1) is 6.92 Å². The Labute approximate surface area is 335 Å². The van der Waals surface area contributed by atoms with Crippen LogP contribution >= 0.6 is 23.5 Å². The van der Waals surface area contributed by atoms with Crippen LogP contribution in [0.25, 0.3) is 0 Å². The van der Waals surface area contributed by atoms with Crippen LogP contribution in [0.3, 0.4) is 0 Å². The first-order valence-corrected chi connectivity index (χ1v) is 20.6. The number of ether oxygens (including phenoxy) is 2. The maximum atomic E-state index is 15.4. The Balaban J connectivity index is 1.79. The number of aryl methyl sites for hydroxylation is 1. The largest absolute Gasteiger partial charge is 0.459 e. The highest BCUT2D eigenvalue weighted by Crippen LogP contribution is 2.66. The molecular formula is C40H51BrF2N3O9P. The van der Waals surface area contributed by atoms with E-state index in [1.165, 1.54) is 26.0 Å². The highest BCUT2D eigenvalue weighted by atomic mass is 79.9. The van der Waals surface area contributed by atoms with E-state index in [9.17, 15) is 23.7 Å². The quantitative estimate of drug-likeness (QED) is 0.0577. The van der Waals surface area contributed by atoms with Gasteiger partial charge in [0.05, 0.1) is 13.2 Å². The first-order valence-electron chi connectivity index (χ1n) is 18.3. The zero-order valence-corrected chi connectivity index (χ0v) is 35.0. The molecule has 3 rings (SSSR count). The van der Waals surface area contributed by atoms with Crippen molar-refractivity contribution in [3.63, 3.8) is 0 Å². The lowest BCUT2D eigenvalue weighted by Crippen LogP contribution is -2.53. The average molecular weight is 867 g/mol. The van der Waals surface area contributed by atoms with Gasteiger partial charge < -0.3 is 34.5 Å². The zero-order chi connectivity index (χ0) is 41.5. The molecule has 0 bridgehead atoms. The number of esters is 1. The molecule has 2 atom stereocenters. The minimum absolute atomic E-state index is 0.0513. The predicted octanol–water partition coefficient (Wildman–Crippen LogP) is 8.34. The van der Waals surface area contributed by atoms with Gasteiger partial charge in [-0.2, -0.15) is 8.78 Å². The van der Waals surface area contributed by atoms with Crippen LogP contribution in [-0.4, -0.2) is 61.3 Å². The predicted molar refractivity (Wildman–Crippen MR) is 211 cm³/mol. The van der Waals surface area contributed by atoms with Crippen molar-refractivity contribution in [2.24, 2.45) is 0 Å². The molecule has 16 heteroatoms. The molecule has 0 spiro atoms. The van der Waals surface area contributed by atoms with E-state index in [1.54, 1.807) is 57.2 Å². The van der Waals surface area contributed by atoms with Crippen molar-refractivity contribution < 1.29 is 51.0 Å². The van der Waals surface area contributed by atoms with Gasteiger partial charge >= 0.3 is 25.3 Å². The molecule has 0 heterocycles. The molecule has 0 radical (unpaired) electrons. The highest BCUT2D eigenvalue weighted by Gasteiger charge is 2.54. The lowest BCUT2D eigenvalue weighted by molar-refractivity contribution is -0.149. The maximum Gasteiger partial charge on any atom is 0.408 e. The summed E-state index contributed by atoms with van der Waals surface area (Å²) in [5.41, 5.74) is -2.96. The van der Waals surface area contributed by atoms with Crippen molar-refractivity contribution in [2.75, 3.05) is 19.8 Å². The van der Waals surface area contributed by atoms with Gasteiger partial charge in [-0.1, -0.05) is 76.6 Å². The van der Waals surface area contributed by atoms with Gasteiger partial charge in [0.25, 0.3) is 5.91 Å². The molecule has 56 heavy (non-hydrogen) atoms. The molecule has 12 nitrogen and oxygen atoms in total. The second-order valence-electron chi connectivity index (χ2n) is 13.8. The third kappa shape index (κ3) is 14.1. The summed E-state index contributed by atoms with van der Waals surface area (Å²) in [5, 5.41) is 8.08. The molecule has 0 aromatic heterocycles. The van der Waals surface area contributed by atoms with Gasteiger partial charge in [-0.15, -0.1) is 0 Å². The van der Waals surface area contributed by atoms with Crippen LogP contribution in [0.15, 0.2) is 77.3 Å². The van der Waals surface area contributed by atoms with Gasteiger partial charge in [-0.05, 0) is 89.6 Å². The summed E-state index contributed by atoms with van der Waals surface area (Å²) >= 11 is 3.43. The molecule has 3 aromatic rings. The molecule has 0 aliphatic heterocycles. The molecule has 0 aliphatic carbocycles. The number of halogens is 3. The van der Waals surface area contributed by atoms with Gasteiger partial charge in [-0.3, -0.25) is 14.2 Å². The minimum Gasteiger partial charge on any atom is -0.459 e. The number of hydrogen-bond acceptors (Lipinski definition) is 9. The van der Waals surface area contributed by atoms with Gasteiger partial charge in [0.1, 0.15) is 24.3 Å². The van der Waals surface area contributed by atoms with Crippen LogP contribution in [0.1, 0.15) is 86.5 Å². The number of carbonyl (C=O) groups is 4. The summed E-state index contributed by atoms with van der Waals surface area (Å²) in [6.07, 6.45) is -0.120. The number of alkyl halides is 2. The Hall–Kier alpha value is -4.17. The Bertz CT molecular complexity index is 1820. The third-order valence-corrected chi connectivity index (χ3v) is 11.2. The number of carbonyl (C=O) groups excluding carboxylic acids is 4. The normalized spacial score (nSPS) is 12.9. The average Bonchev–Trinajstić information content (AvgIpc) is 3.14. The second kappa shape index (κ2) is 21.4. The van der Waals surface area contributed by atoms with Crippen molar-refractivity contribution in [3.8, 4) is 0 Å². The second-order valence-corrected chi connectivity index (χ2v) is 16.8. The Morgan fingerprint density at radius 3 is 2.07 bits per heavy atom. The van der Waals surface area contributed by atoms with Crippen LogP contribution in [0.5, 0.6) is 0 Å². The lowest BCUT2D eigenvalue weighted by atomic mass is 10.0. The first-order chi connectivity index (χ1) is 26.4. The fraction of sp³-hybridized carbons (Fsp3) is 0.450. The molecule has 0 saturated heterocycles. The van der Waals surface area contributed by atoms with Crippen molar-refractivity contribution in [3.05, 3.63) is 105 Å².